The van der Waals surface area contributed by atoms with Crippen molar-refractivity contribution in [2.45, 2.75) is 13.5 Å². The van der Waals surface area contributed by atoms with Crippen LogP contribution in [0.15, 0.2) is 24.5 Å². The molecule has 3 heteroatoms. The molecule has 0 spiro atoms. The van der Waals surface area contributed by atoms with Gasteiger partial charge in [-0.25, -0.2) is 4.98 Å². The maximum absolute atomic E-state index is 5.01. The molecule has 68 valence electrons. The SMILES string of the molecule is COCc1cn2ccc(C)cc2n1. The summed E-state index contributed by atoms with van der Waals surface area (Å²) in [7, 11) is 1.68. The lowest BCUT2D eigenvalue weighted by molar-refractivity contribution is 0.182. The molecule has 0 aromatic carbocycles. The minimum absolute atomic E-state index is 0.570. The van der Waals surface area contributed by atoms with E-state index >= 15 is 0 Å². The second kappa shape index (κ2) is 3.18. The summed E-state index contributed by atoms with van der Waals surface area (Å²) >= 11 is 0. The molecule has 2 aromatic rings. The van der Waals surface area contributed by atoms with Gasteiger partial charge in [0.05, 0.1) is 12.3 Å². The van der Waals surface area contributed by atoms with Crippen LogP contribution in [0.25, 0.3) is 5.65 Å². The van der Waals surface area contributed by atoms with Crippen molar-refractivity contribution in [3.8, 4) is 0 Å². The zero-order valence-electron chi connectivity index (χ0n) is 7.82. The number of nitrogens with zero attached hydrogens (tertiary/aromatic N) is 2. The molecular formula is C10H12N2O. The molecule has 2 rings (SSSR count). The molecule has 0 aliphatic carbocycles. The molecule has 2 aromatic heterocycles. The van der Waals surface area contributed by atoms with E-state index in [1.165, 1.54) is 5.56 Å². The molecule has 0 radical (unpaired) electrons. The number of hydrogen-bond acceptors (Lipinski definition) is 2. The van der Waals surface area contributed by atoms with Gasteiger partial charge in [0.15, 0.2) is 0 Å². The first-order valence-electron chi connectivity index (χ1n) is 4.23. The van der Waals surface area contributed by atoms with Gasteiger partial charge in [-0.3, -0.25) is 0 Å². The van der Waals surface area contributed by atoms with Crippen molar-refractivity contribution in [3.63, 3.8) is 0 Å². The third kappa shape index (κ3) is 1.55. The van der Waals surface area contributed by atoms with Crippen LogP contribution < -0.4 is 0 Å². The summed E-state index contributed by atoms with van der Waals surface area (Å²) in [6.07, 6.45) is 4.00. The highest BCUT2D eigenvalue weighted by Gasteiger charge is 1.99. The molecule has 0 aliphatic heterocycles. The van der Waals surface area contributed by atoms with Gasteiger partial charge in [-0.15, -0.1) is 0 Å². The van der Waals surface area contributed by atoms with E-state index in [-0.39, 0.29) is 0 Å². The Bertz CT molecular complexity index is 420. The fraction of sp³-hybridized carbons (Fsp3) is 0.300. The maximum Gasteiger partial charge on any atom is 0.137 e. The smallest absolute Gasteiger partial charge is 0.137 e. The van der Waals surface area contributed by atoms with Crippen molar-refractivity contribution in [3.05, 3.63) is 35.8 Å². The fourth-order valence-electron chi connectivity index (χ4n) is 1.35. The molecule has 0 saturated carbocycles. The second-order valence-electron chi connectivity index (χ2n) is 3.13. The summed E-state index contributed by atoms with van der Waals surface area (Å²) in [4.78, 5) is 4.40. The third-order valence-corrected chi connectivity index (χ3v) is 1.96. The zero-order chi connectivity index (χ0) is 9.26. The van der Waals surface area contributed by atoms with Gasteiger partial charge in [-0.2, -0.15) is 0 Å². The Morgan fingerprint density at radius 1 is 1.54 bits per heavy atom. The Kier molecular flexibility index (Phi) is 2.02. The first-order valence-corrected chi connectivity index (χ1v) is 4.23. The molecule has 0 atom stereocenters. The number of rotatable bonds is 2. The maximum atomic E-state index is 5.01. The monoisotopic (exact) mass is 176 g/mol. The number of hydrogen-bond donors (Lipinski definition) is 0. The number of ether oxygens (including phenoxy) is 1. The molecule has 2 heterocycles. The largest absolute Gasteiger partial charge is 0.378 e. The first-order chi connectivity index (χ1) is 6.29. The molecule has 0 unspecified atom stereocenters. The normalized spacial score (nSPS) is 10.9. The van der Waals surface area contributed by atoms with E-state index < -0.39 is 0 Å². The minimum atomic E-state index is 0.570. The summed E-state index contributed by atoms with van der Waals surface area (Å²) in [6.45, 7) is 2.63. The quantitative estimate of drug-likeness (QED) is 0.697. The number of aryl methyl sites for hydroxylation is 1. The molecule has 0 aliphatic rings. The van der Waals surface area contributed by atoms with Gasteiger partial charge >= 0.3 is 0 Å². The highest BCUT2D eigenvalue weighted by molar-refractivity contribution is 5.42. The van der Waals surface area contributed by atoms with Crippen LogP contribution in [0.1, 0.15) is 11.3 Å². The van der Waals surface area contributed by atoms with Crippen molar-refractivity contribution in [1.29, 1.82) is 0 Å². The van der Waals surface area contributed by atoms with Crippen LogP contribution in [0.5, 0.6) is 0 Å². The summed E-state index contributed by atoms with van der Waals surface area (Å²) in [6, 6.07) is 4.12. The summed E-state index contributed by atoms with van der Waals surface area (Å²) in [5.74, 6) is 0. The number of aromatic nitrogens is 2. The van der Waals surface area contributed by atoms with Crippen LogP contribution in [0, 0.1) is 6.92 Å². The van der Waals surface area contributed by atoms with Crippen molar-refractivity contribution in [2.24, 2.45) is 0 Å². The van der Waals surface area contributed by atoms with E-state index in [0.717, 1.165) is 11.3 Å². The molecule has 0 saturated heterocycles. The van der Waals surface area contributed by atoms with E-state index in [1.54, 1.807) is 7.11 Å². The first kappa shape index (κ1) is 8.26. The average Bonchev–Trinajstić information content (AvgIpc) is 2.46. The molecule has 0 N–H and O–H groups in total. The van der Waals surface area contributed by atoms with Gasteiger partial charge in [-0.1, -0.05) is 0 Å². The van der Waals surface area contributed by atoms with Crippen LogP contribution in [0.4, 0.5) is 0 Å². The van der Waals surface area contributed by atoms with Crippen molar-refractivity contribution in [2.75, 3.05) is 7.11 Å². The summed E-state index contributed by atoms with van der Waals surface area (Å²) in [5.41, 5.74) is 3.17. The van der Waals surface area contributed by atoms with Gasteiger partial charge < -0.3 is 9.14 Å². The minimum Gasteiger partial charge on any atom is -0.378 e. The topological polar surface area (TPSA) is 26.5 Å². The van der Waals surface area contributed by atoms with E-state index in [1.807, 2.05) is 16.8 Å². The van der Waals surface area contributed by atoms with Gasteiger partial charge in [0.2, 0.25) is 0 Å². The molecule has 0 fully saturated rings. The van der Waals surface area contributed by atoms with Crippen molar-refractivity contribution >= 4 is 5.65 Å². The van der Waals surface area contributed by atoms with Crippen molar-refractivity contribution < 1.29 is 4.74 Å². The lowest BCUT2D eigenvalue weighted by Gasteiger charge is -1.92. The number of fused-ring (bicyclic) bond motifs is 1. The summed E-state index contributed by atoms with van der Waals surface area (Å²) in [5, 5.41) is 0. The van der Waals surface area contributed by atoms with Gasteiger partial charge in [0, 0.05) is 19.5 Å². The molecule has 13 heavy (non-hydrogen) atoms. The van der Waals surface area contributed by atoms with E-state index in [2.05, 4.69) is 24.0 Å². The highest BCUT2D eigenvalue weighted by Crippen LogP contribution is 2.07. The van der Waals surface area contributed by atoms with Gasteiger partial charge in [0.25, 0.3) is 0 Å². The summed E-state index contributed by atoms with van der Waals surface area (Å²) < 4.78 is 7.01. The molecule has 0 amide bonds. The van der Waals surface area contributed by atoms with Crippen LogP contribution >= 0.6 is 0 Å². The molecule has 0 bridgehead atoms. The number of methoxy groups -OCH3 is 1. The van der Waals surface area contributed by atoms with Crippen LogP contribution in [0.3, 0.4) is 0 Å². The van der Waals surface area contributed by atoms with E-state index in [0.29, 0.717) is 6.61 Å². The zero-order valence-corrected chi connectivity index (χ0v) is 7.82. The van der Waals surface area contributed by atoms with Crippen LogP contribution in [-0.2, 0) is 11.3 Å². The Hall–Kier alpha value is -1.35. The van der Waals surface area contributed by atoms with Gasteiger partial charge in [-0.05, 0) is 24.6 Å². The highest BCUT2D eigenvalue weighted by atomic mass is 16.5. The average molecular weight is 176 g/mol. The van der Waals surface area contributed by atoms with E-state index in [4.69, 9.17) is 4.74 Å². The Morgan fingerprint density at radius 3 is 3.15 bits per heavy atom. The number of imidazole rings is 1. The predicted molar refractivity (Wildman–Crippen MR) is 50.6 cm³/mol. The van der Waals surface area contributed by atoms with Gasteiger partial charge in [0.1, 0.15) is 5.65 Å². The van der Waals surface area contributed by atoms with Crippen LogP contribution in [0.2, 0.25) is 0 Å². The fourth-order valence-corrected chi connectivity index (χ4v) is 1.35. The van der Waals surface area contributed by atoms with E-state index in [9.17, 15) is 0 Å². The number of pyridine rings is 1. The lowest BCUT2D eigenvalue weighted by atomic mass is 10.3. The predicted octanol–water partition coefficient (Wildman–Crippen LogP) is 1.79. The standard InChI is InChI=1S/C10H12N2O/c1-8-3-4-12-6-9(7-13-2)11-10(12)5-8/h3-6H,7H2,1-2H3. The Labute approximate surface area is 77.0 Å². The molecular weight excluding hydrogens is 164 g/mol. The molecule has 3 nitrogen and oxygen atoms in total. The van der Waals surface area contributed by atoms with Crippen LogP contribution in [-0.4, -0.2) is 16.5 Å². The third-order valence-electron chi connectivity index (χ3n) is 1.96. The second-order valence-corrected chi connectivity index (χ2v) is 3.13. The lowest BCUT2D eigenvalue weighted by Crippen LogP contribution is -1.85. The Balaban J connectivity index is 2.49. The Morgan fingerprint density at radius 2 is 2.38 bits per heavy atom. The van der Waals surface area contributed by atoms with Crippen molar-refractivity contribution in [1.82, 2.24) is 9.38 Å².